The predicted octanol–water partition coefficient (Wildman–Crippen LogP) is 3.72. The van der Waals surface area contributed by atoms with Crippen LogP contribution in [-0.4, -0.2) is 16.8 Å². The Hall–Kier alpha value is -0.540. The first-order valence-corrected chi connectivity index (χ1v) is 7.34. The largest absolute Gasteiger partial charge is 0.313 e. The van der Waals surface area contributed by atoms with Gasteiger partial charge in [-0.25, -0.2) is 4.98 Å². The van der Waals surface area contributed by atoms with E-state index in [0.29, 0.717) is 11.2 Å². The number of hydrogen-bond acceptors (Lipinski definition) is 3. The zero-order valence-electron chi connectivity index (χ0n) is 11.4. The van der Waals surface area contributed by atoms with Gasteiger partial charge in [-0.15, -0.1) is 11.8 Å². The van der Waals surface area contributed by atoms with Crippen LogP contribution in [0.4, 0.5) is 0 Å². The highest BCUT2D eigenvalue weighted by Crippen LogP contribution is 2.28. The van der Waals surface area contributed by atoms with Gasteiger partial charge in [0.1, 0.15) is 5.03 Å². The molecule has 0 saturated carbocycles. The van der Waals surface area contributed by atoms with E-state index in [4.69, 9.17) is 0 Å². The molecular weight excluding hydrogens is 228 g/mol. The molecule has 0 saturated heterocycles. The summed E-state index contributed by atoms with van der Waals surface area (Å²) in [4.78, 5) is 4.50. The van der Waals surface area contributed by atoms with Crippen LogP contribution in [0, 0.1) is 5.92 Å². The summed E-state index contributed by atoms with van der Waals surface area (Å²) in [6, 6.07) is 4.19. The Kier molecular flexibility index (Phi) is 6.60. The first-order valence-electron chi connectivity index (χ1n) is 6.46. The van der Waals surface area contributed by atoms with E-state index in [0.717, 1.165) is 13.1 Å². The molecule has 1 aromatic heterocycles. The van der Waals surface area contributed by atoms with Crippen molar-refractivity contribution in [3.8, 4) is 0 Å². The minimum absolute atomic E-state index is 0.606. The highest BCUT2D eigenvalue weighted by atomic mass is 32.2. The molecule has 1 N–H and O–H groups in total. The maximum atomic E-state index is 4.50. The third-order valence-corrected chi connectivity index (χ3v) is 4.34. The zero-order chi connectivity index (χ0) is 12.7. The second-order valence-corrected chi connectivity index (χ2v) is 6.08. The summed E-state index contributed by atoms with van der Waals surface area (Å²) in [6.07, 6.45) is 3.06. The van der Waals surface area contributed by atoms with Gasteiger partial charge < -0.3 is 5.32 Å². The van der Waals surface area contributed by atoms with Crippen LogP contribution in [-0.2, 0) is 6.54 Å². The van der Waals surface area contributed by atoms with Crippen molar-refractivity contribution in [1.82, 2.24) is 10.3 Å². The van der Waals surface area contributed by atoms with Crippen molar-refractivity contribution in [3.05, 3.63) is 23.9 Å². The third kappa shape index (κ3) is 5.09. The molecule has 0 fully saturated rings. The second-order valence-electron chi connectivity index (χ2n) is 4.71. The molecular formula is C14H24N2S. The number of aromatic nitrogens is 1. The summed E-state index contributed by atoms with van der Waals surface area (Å²) >= 11 is 1.89. The number of hydrogen-bond donors (Lipinski definition) is 1. The molecule has 2 nitrogen and oxygen atoms in total. The van der Waals surface area contributed by atoms with Crippen LogP contribution in [0.25, 0.3) is 0 Å². The van der Waals surface area contributed by atoms with E-state index in [-0.39, 0.29) is 0 Å². The van der Waals surface area contributed by atoms with Crippen LogP contribution in [0.15, 0.2) is 23.4 Å². The predicted molar refractivity (Wildman–Crippen MR) is 76.4 cm³/mol. The number of nitrogens with one attached hydrogen (secondary N) is 1. The number of thioether (sulfide) groups is 1. The molecule has 0 aliphatic heterocycles. The van der Waals surface area contributed by atoms with Gasteiger partial charge in [-0.2, -0.15) is 0 Å². The van der Waals surface area contributed by atoms with E-state index in [1.54, 1.807) is 0 Å². The molecule has 96 valence electrons. The lowest BCUT2D eigenvalue weighted by molar-refractivity contribution is 0.638. The lowest BCUT2D eigenvalue weighted by atomic mass is 10.2. The van der Waals surface area contributed by atoms with E-state index in [2.05, 4.69) is 44.1 Å². The van der Waals surface area contributed by atoms with Crippen molar-refractivity contribution in [1.29, 1.82) is 0 Å². The average molecular weight is 252 g/mol. The molecule has 0 bridgehead atoms. The zero-order valence-corrected chi connectivity index (χ0v) is 12.2. The molecule has 17 heavy (non-hydrogen) atoms. The van der Waals surface area contributed by atoms with Crippen molar-refractivity contribution < 1.29 is 0 Å². The number of pyridine rings is 1. The highest BCUT2D eigenvalue weighted by molar-refractivity contribution is 7.99. The molecule has 0 aliphatic carbocycles. The average Bonchev–Trinajstić information content (AvgIpc) is 2.31. The molecule has 1 rings (SSSR count). The first-order chi connectivity index (χ1) is 8.15. The van der Waals surface area contributed by atoms with E-state index >= 15 is 0 Å². The molecule has 3 heteroatoms. The maximum Gasteiger partial charge on any atom is 0.101 e. The van der Waals surface area contributed by atoms with Crippen molar-refractivity contribution in [3.63, 3.8) is 0 Å². The van der Waals surface area contributed by atoms with E-state index in [1.165, 1.54) is 17.0 Å². The second kappa shape index (κ2) is 7.72. The molecule has 0 radical (unpaired) electrons. The summed E-state index contributed by atoms with van der Waals surface area (Å²) in [5.74, 6) is 0.679. The minimum Gasteiger partial charge on any atom is -0.313 e. The number of nitrogens with zero attached hydrogens (tertiary/aromatic N) is 1. The molecule has 0 amide bonds. The fourth-order valence-corrected chi connectivity index (χ4v) is 2.41. The van der Waals surface area contributed by atoms with Gasteiger partial charge in [-0.3, -0.25) is 0 Å². The molecule has 0 aromatic carbocycles. The summed E-state index contributed by atoms with van der Waals surface area (Å²) < 4.78 is 0. The van der Waals surface area contributed by atoms with Crippen molar-refractivity contribution in [2.45, 2.75) is 50.9 Å². The van der Waals surface area contributed by atoms with Gasteiger partial charge in [0, 0.05) is 18.0 Å². The SMILES string of the molecule is CCCNCc1cccnc1SC(C)C(C)C. The van der Waals surface area contributed by atoms with Gasteiger partial charge in [-0.05, 0) is 30.5 Å². The fraction of sp³-hybridized carbons (Fsp3) is 0.643. The highest BCUT2D eigenvalue weighted by Gasteiger charge is 2.12. The Balaban J connectivity index is 2.63. The third-order valence-electron chi connectivity index (χ3n) is 2.83. The topological polar surface area (TPSA) is 24.9 Å². The Morgan fingerprint density at radius 3 is 2.76 bits per heavy atom. The molecule has 1 aromatic rings. The van der Waals surface area contributed by atoms with Gasteiger partial charge in [0.15, 0.2) is 0 Å². The van der Waals surface area contributed by atoms with E-state index in [1.807, 2.05) is 24.0 Å². The molecule has 1 unspecified atom stereocenters. The van der Waals surface area contributed by atoms with Gasteiger partial charge in [0.2, 0.25) is 0 Å². The van der Waals surface area contributed by atoms with Crippen LogP contribution in [0.5, 0.6) is 0 Å². The minimum atomic E-state index is 0.606. The van der Waals surface area contributed by atoms with Gasteiger partial charge in [-0.1, -0.05) is 33.8 Å². The van der Waals surface area contributed by atoms with Crippen molar-refractivity contribution in [2.24, 2.45) is 5.92 Å². The van der Waals surface area contributed by atoms with Crippen molar-refractivity contribution in [2.75, 3.05) is 6.54 Å². The number of rotatable bonds is 7. The van der Waals surface area contributed by atoms with Crippen molar-refractivity contribution >= 4 is 11.8 Å². The van der Waals surface area contributed by atoms with E-state index in [9.17, 15) is 0 Å². The van der Waals surface area contributed by atoms with Crippen LogP contribution < -0.4 is 5.32 Å². The first kappa shape index (κ1) is 14.5. The molecule has 1 atom stereocenters. The lowest BCUT2D eigenvalue weighted by Crippen LogP contribution is -2.15. The summed E-state index contributed by atoms with van der Waals surface area (Å²) in [6.45, 7) is 11.0. The molecule has 0 spiro atoms. The van der Waals surface area contributed by atoms with Crippen LogP contribution in [0.3, 0.4) is 0 Å². The Morgan fingerprint density at radius 2 is 2.12 bits per heavy atom. The Labute approximate surface area is 110 Å². The molecule has 1 heterocycles. The lowest BCUT2D eigenvalue weighted by Gasteiger charge is -2.16. The quantitative estimate of drug-likeness (QED) is 0.591. The standard InChI is InChI=1S/C14H24N2S/c1-5-8-15-10-13-7-6-9-16-14(13)17-12(4)11(2)3/h6-7,9,11-12,15H,5,8,10H2,1-4H3. The van der Waals surface area contributed by atoms with Crippen LogP contribution >= 0.6 is 11.8 Å². The maximum absolute atomic E-state index is 4.50. The van der Waals surface area contributed by atoms with Gasteiger partial charge in [0.05, 0.1) is 0 Å². The van der Waals surface area contributed by atoms with Gasteiger partial charge in [0.25, 0.3) is 0 Å². The Morgan fingerprint density at radius 1 is 1.35 bits per heavy atom. The normalized spacial score (nSPS) is 13.0. The summed E-state index contributed by atoms with van der Waals surface area (Å²) in [7, 11) is 0. The van der Waals surface area contributed by atoms with Crippen LogP contribution in [0.2, 0.25) is 0 Å². The van der Waals surface area contributed by atoms with E-state index < -0.39 is 0 Å². The van der Waals surface area contributed by atoms with Crippen LogP contribution in [0.1, 0.15) is 39.7 Å². The smallest absolute Gasteiger partial charge is 0.101 e. The summed E-state index contributed by atoms with van der Waals surface area (Å²) in [5, 5.41) is 5.23. The van der Waals surface area contributed by atoms with Gasteiger partial charge >= 0.3 is 0 Å². The summed E-state index contributed by atoms with van der Waals surface area (Å²) in [5.41, 5.74) is 1.32. The monoisotopic (exact) mass is 252 g/mol. The fourth-order valence-electron chi connectivity index (χ4n) is 1.38. The molecule has 0 aliphatic rings. The Bertz CT molecular complexity index is 326.